The van der Waals surface area contributed by atoms with Gasteiger partial charge in [0.25, 0.3) is 17.5 Å². The van der Waals surface area contributed by atoms with Gasteiger partial charge in [-0.3, -0.25) is 34.8 Å². The van der Waals surface area contributed by atoms with Crippen molar-refractivity contribution >= 4 is 23.4 Å². The summed E-state index contributed by atoms with van der Waals surface area (Å²) in [6, 6.07) is 3.44. The number of carbonyl (C=O) groups excluding carboxylic acids is 3. The fourth-order valence-electron chi connectivity index (χ4n) is 1.88. The van der Waals surface area contributed by atoms with Gasteiger partial charge in [0.05, 0.1) is 16.1 Å². The van der Waals surface area contributed by atoms with Crippen LogP contribution in [0.25, 0.3) is 0 Å². The number of benzene rings is 1. The number of nitrogens with zero attached hydrogens (tertiary/aromatic N) is 2. The van der Waals surface area contributed by atoms with Crippen molar-refractivity contribution in [1.82, 2.24) is 10.3 Å². The van der Waals surface area contributed by atoms with Crippen molar-refractivity contribution in [2.75, 3.05) is 6.54 Å². The molecule has 0 atom stereocenters. The van der Waals surface area contributed by atoms with Gasteiger partial charge in [-0.25, -0.2) is 5.84 Å². The Morgan fingerprint density at radius 2 is 1.95 bits per heavy atom. The van der Waals surface area contributed by atoms with Crippen molar-refractivity contribution in [3.05, 3.63) is 39.4 Å². The minimum Gasteiger partial charge on any atom is -0.294 e. The molecular weight excluding hydrogens is 268 g/mol. The zero-order valence-electron chi connectivity index (χ0n) is 10.2. The molecule has 0 radical (unpaired) electrons. The van der Waals surface area contributed by atoms with E-state index in [-0.39, 0.29) is 29.8 Å². The van der Waals surface area contributed by atoms with Crippen LogP contribution in [0.15, 0.2) is 18.2 Å². The molecule has 3 N–H and O–H groups in total. The number of non-ortho nitro benzene ring substituents is 1. The molecule has 1 aromatic carbocycles. The van der Waals surface area contributed by atoms with E-state index in [1.807, 2.05) is 5.43 Å². The number of amides is 3. The quantitative estimate of drug-likeness (QED) is 0.252. The van der Waals surface area contributed by atoms with Crippen molar-refractivity contribution in [1.29, 1.82) is 0 Å². The van der Waals surface area contributed by atoms with Crippen molar-refractivity contribution in [2.24, 2.45) is 5.84 Å². The topological polar surface area (TPSA) is 136 Å². The van der Waals surface area contributed by atoms with Gasteiger partial charge >= 0.3 is 0 Å². The lowest BCUT2D eigenvalue weighted by Crippen LogP contribution is -2.36. The standard InChI is InChI=1S/C11H10N4O5/c12-13-9(16)3-4-14-10(17)7-2-1-6(15(19)20)5-8(7)11(14)18/h1-2,5H,3-4,12H2,(H,13,16). The van der Waals surface area contributed by atoms with Crippen molar-refractivity contribution in [3.63, 3.8) is 0 Å². The summed E-state index contributed by atoms with van der Waals surface area (Å²) in [5.74, 6) is 3.15. The number of hydrogen-bond acceptors (Lipinski definition) is 6. The van der Waals surface area contributed by atoms with Gasteiger partial charge in [0.2, 0.25) is 5.91 Å². The number of hydrazine groups is 1. The third-order valence-electron chi connectivity index (χ3n) is 2.89. The average Bonchev–Trinajstić information content (AvgIpc) is 2.68. The molecule has 0 saturated carbocycles. The molecule has 20 heavy (non-hydrogen) atoms. The number of nitro groups is 1. The second-order valence-corrected chi connectivity index (χ2v) is 4.07. The van der Waals surface area contributed by atoms with Crippen LogP contribution in [0.2, 0.25) is 0 Å². The predicted octanol–water partition coefficient (Wildman–Crippen LogP) is -0.429. The molecular formula is C11H10N4O5. The smallest absolute Gasteiger partial charge is 0.270 e. The molecule has 0 aliphatic carbocycles. The highest BCUT2D eigenvalue weighted by atomic mass is 16.6. The van der Waals surface area contributed by atoms with Gasteiger partial charge in [-0.1, -0.05) is 0 Å². The molecule has 0 aromatic heterocycles. The van der Waals surface area contributed by atoms with Gasteiger partial charge in [0, 0.05) is 25.1 Å². The van der Waals surface area contributed by atoms with Crippen LogP contribution in [-0.2, 0) is 4.79 Å². The van der Waals surface area contributed by atoms with Gasteiger partial charge < -0.3 is 0 Å². The van der Waals surface area contributed by atoms with E-state index < -0.39 is 22.6 Å². The van der Waals surface area contributed by atoms with Crippen LogP contribution in [0.1, 0.15) is 27.1 Å². The first-order chi connectivity index (χ1) is 9.45. The van der Waals surface area contributed by atoms with Gasteiger partial charge in [-0.15, -0.1) is 0 Å². The number of nitro benzene ring substituents is 1. The minimum absolute atomic E-state index is 0.0302. The molecule has 0 spiro atoms. The Morgan fingerprint density at radius 3 is 2.55 bits per heavy atom. The maximum atomic E-state index is 12.0. The molecule has 1 aliphatic heterocycles. The number of nitrogens with two attached hydrogens (primary N) is 1. The highest BCUT2D eigenvalue weighted by Crippen LogP contribution is 2.26. The van der Waals surface area contributed by atoms with Gasteiger partial charge in [0.1, 0.15) is 0 Å². The summed E-state index contributed by atoms with van der Waals surface area (Å²) in [5.41, 5.74) is 1.68. The number of hydrogen-bond donors (Lipinski definition) is 2. The van der Waals surface area contributed by atoms with E-state index in [2.05, 4.69) is 0 Å². The Hall–Kier alpha value is -2.81. The Kier molecular flexibility index (Phi) is 3.44. The first-order valence-electron chi connectivity index (χ1n) is 5.59. The molecule has 9 heteroatoms. The van der Waals surface area contributed by atoms with E-state index in [1.165, 1.54) is 6.07 Å². The van der Waals surface area contributed by atoms with E-state index in [0.717, 1.165) is 17.0 Å². The highest BCUT2D eigenvalue weighted by Gasteiger charge is 2.36. The average molecular weight is 278 g/mol. The molecule has 1 aromatic rings. The van der Waals surface area contributed by atoms with Crippen LogP contribution >= 0.6 is 0 Å². The highest BCUT2D eigenvalue weighted by molar-refractivity contribution is 6.21. The molecule has 0 fully saturated rings. The Morgan fingerprint density at radius 1 is 1.30 bits per heavy atom. The molecule has 1 aliphatic rings. The van der Waals surface area contributed by atoms with Crippen LogP contribution < -0.4 is 11.3 Å². The summed E-state index contributed by atoms with van der Waals surface area (Å²) < 4.78 is 0. The van der Waals surface area contributed by atoms with E-state index >= 15 is 0 Å². The zero-order chi connectivity index (χ0) is 14.9. The summed E-state index contributed by atoms with van der Waals surface area (Å²) in [6.45, 7) is -0.136. The monoisotopic (exact) mass is 278 g/mol. The van der Waals surface area contributed by atoms with Crippen LogP contribution in [-0.4, -0.2) is 34.1 Å². The molecule has 0 saturated heterocycles. The summed E-state index contributed by atoms with van der Waals surface area (Å²) in [4.78, 5) is 45.9. The third kappa shape index (κ3) is 2.21. The largest absolute Gasteiger partial charge is 0.294 e. The summed E-state index contributed by atoms with van der Waals surface area (Å²) in [6.07, 6.45) is -0.135. The molecule has 0 unspecified atom stereocenters. The van der Waals surface area contributed by atoms with Gasteiger partial charge in [-0.05, 0) is 6.07 Å². The Balaban J connectivity index is 2.26. The number of imide groups is 1. The first kappa shape index (κ1) is 13.6. The molecule has 104 valence electrons. The molecule has 0 bridgehead atoms. The van der Waals surface area contributed by atoms with Crippen LogP contribution in [0.3, 0.4) is 0 Å². The van der Waals surface area contributed by atoms with E-state index in [4.69, 9.17) is 5.84 Å². The van der Waals surface area contributed by atoms with Crippen LogP contribution in [0.5, 0.6) is 0 Å². The van der Waals surface area contributed by atoms with E-state index in [0.29, 0.717) is 0 Å². The lowest BCUT2D eigenvalue weighted by Gasteiger charge is -2.12. The number of rotatable bonds is 4. The van der Waals surface area contributed by atoms with Crippen LogP contribution in [0, 0.1) is 10.1 Å². The maximum absolute atomic E-state index is 12.0. The fourth-order valence-corrected chi connectivity index (χ4v) is 1.88. The zero-order valence-corrected chi connectivity index (χ0v) is 10.2. The Labute approximate surface area is 112 Å². The molecule has 3 amide bonds. The van der Waals surface area contributed by atoms with Crippen LogP contribution in [0.4, 0.5) is 5.69 Å². The molecule has 2 rings (SSSR count). The van der Waals surface area contributed by atoms with E-state index in [9.17, 15) is 24.5 Å². The van der Waals surface area contributed by atoms with Crippen molar-refractivity contribution in [3.8, 4) is 0 Å². The van der Waals surface area contributed by atoms with Crippen molar-refractivity contribution in [2.45, 2.75) is 6.42 Å². The fraction of sp³-hybridized carbons (Fsp3) is 0.182. The minimum atomic E-state index is -0.654. The number of nitrogens with one attached hydrogen (secondary N) is 1. The summed E-state index contributed by atoms with van der Waals surface area (Å²) >= 11 is 0. The summed E-state index contributed by atoms with van der Waals surface area (Å²) in [7, 11) is 0. The van der Waals surface area contributed by atoms with Gasteiger partial charge in [0.15, 0.2) is 0 Å². The normalized spacial score (nSPS) is 13.3. The lowest BCUT2D eigenvalue weighted by molar-refractivity contribution is -0.384. The molecule has 9 nitrogen and oxygen atoms in total. The third-order valence-corrected chi connectivity index (χ3v) is 2.89. The first-order valence-corrected chi connectivity index (χ1v) is 5.59. The number of fused-ring (bicyclic) bond motifs is 1. The van der Waals surface area contributed by atoms with Crippen molar-refractivity contribution < 1.29 is 19.3 Å². The van der Waals surface area contributed by atoms with E-state index in [1.54, 1.807) is 0 Å². The Bertz CT molecular complexity index is 627. The number of carbonyl (C=O) groups is 3. The summed E-state index contributed by atoms with van der Waals surface area (Å²) in [5, 5.41) is 10.7. The lowest BCUT2D eigenvalue weighted by atomic mass is 10.1. The predicted molar refractivity (Wildman–Crippen MR) is 65.4 cm³/mol. The molecule has 1 heterocycles. The van der Waals surface area contributed by atoms with Gasteiger partial charge in [-0.2, -0.15) is 0 Å². The SMILES string of the molecule is NNC(=O)CCN1C(=O)c2ccc([N+](=O)[O-])cc2C1=O. The second kappa shape index (κ2) is 5.05. The second-order valence-electron chi connectivity index (χ2n) is 4.07. The maximum Gasteiger partial charge on any atom is 0.270 e.